The first-order valence-electron chi connectivity index (χ1n) is 8.14. The number of fused-ring (bicyclic) bond motifs is 1. The van der Waals surface area contributed by atoms with Gasteiger partial charge < -0.3 is 16.0 Å². The van der Waals surface area contributed by atoms with Crippen molar-refractivity contribution in [3.8, 4) is 0 Å². The number of benzene rings is 1. The zero-order valence-corrected chi connectivity index (χ0v) is 16.1. The summed E-state index contributed by atoms with van der Waals surface area (Å²) in [5.41, 5.74) is 8.09. The van der Waals surface area contributed by atoms with E-state index in [-0.39, 0.29) is 29.9 Å². The largest absolute Gasteiger partial charge is 0.370 e. The summed E-state index contributed by atoms with van der Waals surface area (Å²) in [5, 5.41) is 3.07. The lowest BCUT2D eigenvalue weighted by Crippen LogP contribution is -2.32. The van der Waals surface area contributed by atoms with Crippen molar-refractivity contribution in [1.29, 1.82) is 0 Å². The summed E-state index contributed by atoms with van der Waals surface area (Å²) in [6, 6.07) is 8.12. The first-order chi connectivity index (χ1) is 10.7. The fraction of sp³-hybridized carbons (Fsp3) is 0.529. The highest BCUT2D eigenvalue weighted by Crippen LogP contribution is 2.27. The third-order valence-electron chi connectivity index (χ3n) is 3.86. The number of halogens is 1. The van der Waals surface area contributed by atoms with Crippen molar-refractivity contribution in [2.24, 2.45) is 10.7 Å². The minimum absolute atomic E-state index is 0. The van der Waals surface area contributed by atoms with Gasteiger partial charge in [-0.2, -0.15) is 0 Å². The maximum Gasteiger partial charge on any atom is 0.227 e. The van der Waals surface area contributed by atoms with Gasteiger partial charge in [0.15, 0.2) is 5.96 Å². The molecule has 0 saturated carbocycles. The maximum atomic E-state index is 12.3. The summed E-state index contributed by atoms with van der Waals surface area (Å²) in [6.07, 6.45) is 4.41. The van der Waals surface area contributed by atoms with Gasteiger partial charge in [0.1, 0.15) is 0 Å². The quantitative estimate of drug-likeness (QED) is 0.303. The SMILES string of the molecule is CCCCNC(N)=NCCCC(=O)N1CCc2ccccc21.I. The lowest BCUT2D eigenvalue weighted by Gasteiger charge is -2.16. The molecule has 0 aromatic heterocycles. The molecule has 3 N–H and O–H groups in total. The number of nitrogens with two attached hydrogens (primary N) is 1. The van der Waals surface area contributed by atoms with E-state index in [1.165, 1.54) is 5.56 Å². The van der Waals surface area contributed by atoms with Crippen LogP contribution in [0.4, 0.5) is 5.69 Å². The van der Waals surface area contributed by atoms with E-state index in [1.54, 1.807) is 0 Å². The monoisotopic (exact) mass is 430 g/mol. The molecule has 6 heteroatoms. The van der Waals surface area contributed by atoms with Gasteiger partial charge in [-0.15, -0.1) is 24.0 Å². The van der Waals surface area contributed by atoms with E-state index < -0.39 is 0 Å². The number of hydrogen-bond acceptors (Lipinski definition) is 2. The average Bonchev–Trinajstić information content (AvgIpc) is 2.96. The van der Waals surface area contributed by atoms with Crippen LogP contribution in [0, 0.1) is 0 Å². The highest BCUT2D eigenvalue weighted by Gasteiger charge is 2.23. The molecule has 5 nitrogen and oxygen atoms in total. The number of aliphatic imine (C=N–C) groups is 1. The van der Waals surface area contributed by atoms with Gasteiger partial charge in [0, 0.05) is 31.7 Å². The van der Waals surface area contributed by atoms with Crippen LogP contribution in [0.3, 0.4) is 0 Å². The summed E-state index contributed by atoms with van der Waals surface area (Å²) >= 11 is 0. The molecule has 0 saturated heterocycles. The lowest BCUT2D eigenvalue weighted by atomic mass is 10.2. The summed E-state index contributed by atoms with van der Waals surface area (Å²) in [7, 11) is 0. The molecule has 0 bridgehead atoms. The molecule has 0 atom stereocenters. The van der Waals surface area contributed by atoms with Gasteiger partial charge in [-0.1, -0.05) is 31.5 Å². The highest BCUT2D eigenvalue weighted by molar-refractivity contribution is 14.0. The van der Waals surface area contributed by atoms with E-state index in [9.17, 15) is 4.79 Å². The molecule has 23 heavy (non-hydrogen) atoms. The van der Waals surface area contributed by atoms with E-state index in [2.05, 4.69) is 23.3 Å². The second-order valence-corrected chi connectivity index (χ2v) is 5.57. The minimum Gasteiger partial charge on any atom is -0.370 e. The van der Waals surface area contributed by atoms with Crippen molar-refractivity contribution in [2.45, 2.75) is 39.0 Å². The van der Waals surface area contributed by atoms with Crippen LogP contribution in [0.1, 0.15) is 38.2 Å². The van der Waals surface area contributed by atoms with Crippen molar-refractivity contribution >= 4 is 41.5 Å². The Hall–Kier alpha value is -1.31. The van der Waals surface area contributed by atoms with Crippen LogP contribution >= 0.6 is 24.0 Å². The third-order valence-corrected chi connectivity index (χ3v) is 3.86. The highest BCUT2D eigenvalue weighted by atomic mass is 127. The first-order valence-corrected chi connectivity index (χ1v) is 8.14. The Morgan fingerprint density at radius 1 is 1.35 bits per heavy atom. The lowest BCUT2D eigenvalue weighted by molar-refractivity contribution is -0.118. The van der Waals surface area contributed by atoms with Crippen LogP contribution < -0.4 is 16.0 Å². The normalized spacial score (nSPS) is 13.4. The molecular weight excluding hydrogens is 403 g/mol. The zero-order valence-electron chi connectivity index (χ0n) is 13.8. The first kappa shape index (κ1) is 19.7. The number of hydrogen-bond donors (Lipinski definition) is 2. The third kappa shape index (κ3) is 6.01. The molecule has 1 aromatic carbocycles. The van der Waals surface area contributed by atoms with Crippen molar-refractivity contribution in [3.05, 3.63) is 29.8 Å². The van der Waals surface area contributed by atoms with Crippen LogP contribution in [0.15, 0.2) is 29.3 Å². The Labute approximate surface area is 155 Å². The Bertz CT molecular complexity index is 533. The number of para-hydroxylation sites is 1. The predicted molar refractivity (Wildman–Crippen MR) is 107 cm³/mol. The van der Waals surface area contributed by atoms with Gasteiger partial charge in [-0.3, -0.25) is 9.79 Å². The number of carbonyl (C=O) groups is 1. The molecule has 2 rings (SSSR count). The molecular formula is C17H27IN4O. The smallest absolute Gasteiger partial charge is 0.227 e. The van der Waals surface area contributed by atoms with Gasteiger partial charge in [-0.25, -0.2) is 0 Å². The van der Waals surface area contributed by atoms with Crippen LogP contribution in [0.5, 0.6) is 0 Å². The number of nitrogens with zero attached hydrogens (tertiary/aromatic N) is 2. The fourth-order valence-electron chi connectivity index (χ4n) is 2.61. The van der Waals surface area contributed by atoms with E-state index in [1.807, 2.05) is 23.1 Å². The summed E-state index contributed by atoms with van der Waals surface area (Å²) in [4.78, 5) is 18.4. The number of unbranched alkanes of at least 4 members (excludes halogenated alkanes) is 1. The van der Waals surface area contributed by atoms with Crippen LogP contribution in [-0.4, -0.2) is 31.5 Å². The van der Waals surface area contributed by atoms with Crippen LogP contribution in [0.25, 0.3) is 0 Å². The number of amides is 1. The molecule has 0 radical (unpaired) electrons. The zero-order chi connectivity index (χ0) is 15.8. The maximum absolute atomic E-state index is 12.3. The molecule has 1 aliphatic rings. The van der Waals surface area contributed by atoms with Crippen molar-refractivity contribution in [1.82, 2.24) is 5.32 Å². The van der Waals surface area contributed by atoms with Gasteiger partial charge in [0.25, 0.3) is 0 Å². The second kappa shape index (κ2) is 10.5. The fourth-order valence-corrected chi connectivity index (χ4v) is 2.61. The molecule has 0 spiro atoms. The Morgan fingerprint density at radius 2 is 2.13 bits per heavy atom. The molecule has 0 aliphatic carbocycles. The van der Waals surface area contributed by atoms with Gasteiger partial charge in [0.05, 0.1) is 0 Å². The van der Waals surface area contributed by atoms with Gasteiger partial charge in [0.2, 0.25) is 5.91 Å². The van der Waals surface area contributed by atoms with Crippen molar-refractivity contribution in [2.75, 3.05) is 24.5 Å². The molecule has 1 aliphatic heterocycles. The number of nitrogens with one attached hydrogen (secondary N) is 1. The second-order valence-electron chi connectivity index (χ2n) is 5.57. The van der Waals surface area contributed by atoms with Crippen molar-refractivity contribution < 1.29 is 4.79 Å². The molecule has 1 amide bonds. The Balaban J connectivity index is 0.00000264. The van der Waals surface area contributed by atoms with Crippen LogP contribution in [0.2, 0.25) is 0 Å². The summed E-state index contributed by atoms with van der Waals surface area (Å²) < 4.78 is 0. The Kier molecular flexibility index (Phi) is 8.98. The van der Waals surface area contributed by atoms with Gasteiger partial charge in [-0.05, 0) is 30.9 Å². The van der Waals surface area contributed by atoms with E-state index in [0.29, 0.717) is 18.9 Å². The standard InChI is InChI=1S/C17H26N4O.HI/c1-2-3-11-19-17(18)20-12-6-9-16(22)21-13-10-14-7-4-5-8-15(14)21;/h4-5,7-8H,2-3,6,9-13H2,1H3,(H3,18,19,20);1H. The number of rotatable bonds is 7. The molecule has 0 unspecified atom stereocenters. The van der Waals surface area contributed by atoms with Crippen molar-refractivity contribution in [3.63, 3.8) is 0 Å². The molecule has 128 valence electrons. The summed E-state index contributed by atoms with van der Waals surface area (Å²) in [6.45, 7) is 4.38. The average molecular weight is 430 g/mol. The van der Waals surface area contributed by atoms with E-state index >= 15 is 0 Å². The molecule has 0 fully saturated rings. The van der Waals surface area contributed by atoms with Crippen LogP contribution in [-0.2, 0) is 11.2 Å². The predicted octanol–water partition coefficient (Wildman–Crippen LogP) is 2.68. The van der Waals surface area contributed by atoms with Gasteiger partial charge >= 0.3 is 0 Å². The summed E-state index contributed by atoms with van der Waals surface area (Å²) in [5.74, 6) is 0.657. The van der Waals surface area contributed by atoms with E-state index in [0.717, 1.165) is 44.5 Å². The minimum atomic E-state index is 0. The Morgan fingerprint density at radius 3 is 2.91 bits per heavy atom. The number of anilines is 1. The topological polar surface area (TPSA) is 70.7 Å². The molecule has 1 aromatic rings. The molecule has 1 heterocycles. The number of carbonyl (C=O) groups excluding carboxylic acids is 1. The van der Waals surface area contributed by atoms with E-state index in [4.69, 9.17) is 5.73 Å². The number of guanidine groups is 1.